The van der Waals surface area contributed by atoms with Crippen molar-refractivity contribution in [2.45, 2.75) is 32.6 Å². The molecule has 116 valence electrons. The van der Waals surface area contributed by atoms with E-state index in [9.17, 15) is 9.59 Å². The Morgan fingerprint density at radius 3 is 2.67 bits per heavy atom. The number of carbonyl (C=O) groups is 2. The molecule has 0 aliphatic rings. The number of carbonyl (C=O) groups excluding carboxylic acids is 2. The lowest BCUT2D eigenvalue weighted by molar-refractivity contribution is -0.140. The van der Waals surface area contributed by atoms with Crippen LogP contribution >= 0.6 is 11.6 Å². The SMILES string of the molecule is COC(=O)CCCN(C)C(=O)c1nc(C(C)C)ncc1Cl. The van der Waals surface area contributed by atoms with E-state index in [2.05, 4.69) is 14.7 Å². The lowest BCUT2D eigenvalue weighted by Crippen LogP contribution is -2.29. The minimum atomic E-state index is -0.294. The molecule has 7 heteroatoms. The Labute approximate surface area is 129 Å². The number of nitrogens with zero attached hydrogens (tertiary/aromatic N) is 3. The van der Waals surface area contributed by atoms with Crippen molar-refractivity contribution in [1.82, 2.24) is 14.9 Å². The normalized spacial score (nSPS) is 10.6. The van der Waals surface area contributed by atoms with E-state index < -0.39 is 0 Å². The Kier molecular flexibility index (Phi) is 6.55. The zero-order chi connectivity index (χ0) is 16.0. The fourth-order valence-corrected chi connectivity index (χ4v) is 1.83. The summed E-state index contributed by atoms with van der Waals surface area (Å²) >= 11 is 6.00. The van der Waals surface area contributed by atoms with Crippen molar-refractivity contribution in [1.29, 1.82) is 0 Å². The fraction of sp³-hybridized carbons (Fsp3) is 0.571. The Bertz CT molecular complexity index is 520. The standard InChI is InChI=1S/C14H20ClN3O3/c1-9(2)13-16-8-10(15)12(17-13)14(20)18(3)7-5-6-11(19)21-4/h8-9H,5-7H2,1-4H3. The van der Waals surface area contributed by atoms with Gasteiger partial charge in [-0.1, -0.05) is 25.4 Å². The van der Waals surface area contributed by atoms with E-state index in [0.717, 1.165) is 0 Å². The first-order valence-electron chi connectivity index (χ1n) is 6.71. The van der Waals surface area contributed by atoms with Crippen molar-refractivity contribution in [2.75, 3.05) is 20.7 Å². The molecule has 0 spiro atoms. The van der Waals surface area contributed by atoms with E-state index >= 15 is 0 Å². The van der Waals surface area contributed by atoms with Crippen LogP contribution in [0, 0.1) is 0 Å². The first kappa shape index (κ1) is 17.4. The highest BCUT2D eigenvalue weighted by atomic mass is 35.5. The molecule has 1 amide bonds. The molecule has 0 aliphatic carbocycles. The largest absolute Gasteiger partial charge is 0.469 e. The molecule has 6 nitrogen and oxygen atoms in total. The molecule has 1 rings (SSSR count). The van der Waals surface area contributed by atoms with Gasteiger partial charge in [0.1, 0.15) is 5.82 Å². The smallest absolute Gasteiger partial charge is 0.305 e. The van der Waals surface area contributed by atoms with Crippen LogP contribution < -0.4 is 0 Å². The summed E-state index contributed by atoms with van der Waals surface area (Å²) in [6.07, 6.45) is 2.23. The summed E-state index contributed by atoms with van der Waals surface area (Å²) < 4.78 is 4.55. The van der Waals surface area contributed by atoms with E-state index in [4.69, 9.17) is 11.6 Å². The fourth-order valence-electron chi connectivity index (χ4n) is 1.65. The first-order valence-corrected chi connectivity index (χ1v) is 7.09. The van der Waals surface area contributed by atoms with E-state index in [1.54, 1.807) is 7.05 Å². The van der Waals surface area contributed by atoms with Crippen LogP contribution in [-0.4, -0.2) is 47.4 Å². The zero-order valence-corrected chi connectivity index (χ0v) is 13.5. The summed E-state index contributed by atoms with van der Waals surface area (Å²) in [6, 6.07) is 0. The number of halogens is 1. The minimum Gasteiger partial charge on any atom is -0.469 e. The van der Waals surface area contributed by atoms with Crippen molar-refractivity contribution >= 4 is 23.5 Å². The number of amides is 1. The van der Waals surface area contributed by atoms with Crippen LogP contribution in [0.15, 0.2) is 6.20 Å². The number of hydrogen-bond acceptors (Lipinski definition) is 5. The maximum atomic E-state index is 12.3. The van der Waals surface area contributed by atoms with Gasteiger partial charge < -0.3 is 9.64 Å². The van der Waals surface area contributed by atoms with Crippen LogP contribution in [0.5, 0.6) is 0 Å². The van der Waals surface area contributed by atoms with Crippen LogP contribution in [0.4, 0.5) is 0 Å². The molecule has 0 saturated heterocycles. The quantitative estimate of drug-likeness (QED) is 0.753. The zero-order valence-electron chi connectivity index (χ0n) is 12.7. The van der Waals surface area contributed by atoms with Crippen LogP contribution in [0.3, 0.4) is 0 Å². The van der Waals surface area contributed by atoms with Crippen LogP contribution in [0.25, 0.3) is 0 Å². The third-order valence-electron chi connectivity index (χ3n) is 2.93. The Balaban J connectivity index is 2.73. The van der Waals surface area contributed by atoms with E-state index in [0.29, 0.717) is 18.8 Å². The molecular formula is C14H20ClN3O3. The molecule has 21 heavy (non-hydrogen) atoms. The third kappa shape index (κ3) is 4.97. The lowest BCUT2D eigenvalue weighted by Gasteiger charge is -2.17. The minimum absolute atomic E-state index is 0.110. The van der Waals surface area contributed by atoms with Crippen LogP contribution in [-0.2, 0) is 9.53 Å². The van der Waals surface area contributed by atoms with Crippen molar-refractivity contribution < 1.29 is 14.3 Å². The second-order valence-corrected chi connectivity index (χ2v) is 5.39. The van der Waals surface area contributed by atoms with E-state index in [1.807, 2.05) is 13.8 Å². The topological polar surface area (TPSA) is 72.4 Å². The number of ether oxygens (including phenoxy) is 1. The molecule has 0 atom stereocenters. The molecule has 1 aromatic rings. The highest BCUT2D eigenvalue weighted by Crippen LogP contribution is 2.17. The van der Waals surface area contributed by atoms with Gasteiger partial charge in [0.25, 0.3) is 5.91 Å². The molecule has 0 radical (unpaired) electrons. The van der Waals surface area contributed by atoms with Crippen molar-refractivity contribution in [3.63, 3.8) is 0 Å². The predicted octanol–water partition coefficient (Wildman–Crippen LogP) is 2.28. The number of rotatable bonds is 6. The molecule has 0 saturated carbocycles. The van der Waals surface area contributed by atoms with Gasteiger partial charge in [0.15, 0.2) is 5.69 Å². The van der Waals surface area contributed by atoms with Gasteiger partial charge in [-0.25, -0.2) is 9.97 Å². The van der Waals surface area contributed by atoms with Gasteiger partial charge in [0, 0.05) is 25.9 Å². The number of aromatic nitrogens is 2. The summed E-state index contributed by atoms with van der Waals surface area (Å²) in [6.45, 7) is 4.31. The molecule has 0 fully saturated rings. The maximum absolute atomic E-state index is 12.3. The van der Waals surface area contributed by atoms with Gasteiger partial charge >= 0.3 is 5.97 Å². The molecule has 0 aromatic carbocycles. The Morgan fingerprint density at radius 2 is 2.10 bits per heavy atom. The molecule has 0 unspecified atom stereocenters. The summed E-state index contributed by atoms with van der Waals surface area (Å²) in [5.41, 5.74) is 0.191. The summed E-state index contributed by atoms with van der Waals surface area (Å²) in [7, 11) is 2.98. The maximum Gasteiger partial charge on any atom is 0.305 e. The number of methoxy groups -OCH3 is 1. The lowest BCUT2D eigenvalue weighted by atomic mass is 10.2. The van der Waals surface area contributed by atoms with Crippen molar-refractivity contribution in [3.05, 3.63) is 22.7 Å². The summed E-state index contributed by atoms with van der Waals surface area (Å²) in [4.78, 5) is 33.2. The van der Waals surface area contributed by atoms with Crippen molar-refractivity contribution in [2.24, 2.45) is 0 Å². The summed E-state index contributed by atoms with van der Waals surface area (Å²) in [5.74, 6) is 0.108. The number of hydrogen-bond donors (Lipinski definition) is 0. The average molecular weight is 314 g/mol. The van der Waals surface area contributed by atoms with Crippen LogP contribution in [0.1, 0.15) is 48.9 Å². The Morgan fingerprint density at radius 1 is 1.43 bits per heavy atom. The second-order valence-electron chi connectivity index (χ2n) is 4.99. The highest BCUT2D eigenvalue weighted by molar-refractivity contribution is 6.33. The Hall–Kier alpha value is -1.69. The van der Waals surface area contributed by atoms with Gasteiger partial charge in [-0.3, -0.25) is 9.59 Å². The summed E-state index contributed by atoms with van der Waals surface area (Å²) in [5, 5.41) is 0.226. The van der Waals surface area contributed by atoms with Crippen molar-refractivity contribution in [3.8, 4) is 0 Å². The molecule has 0 aliphatic heterocycles. The predicted molar refractivity (Wildman–Crippen MR) is 79.3 cm³/mol. The third-order valence-corrected chi connectivity index (χ3v) is 3.21. The molecular weight excluding hydrogens is 294 g/mol. The monoisotopic (exact) mass is 313 g/mol. The van der Waals surface area contributed by atoms with Gasteiger partial charge in [-0.2, -0.15) is 0 Å². The molecule has 0 N–H and O–H groups in total. The molecule has 1 heterocycles. The highest BCUT2D eigenvalue weighted by Gasteiger charge is 2.19. The van der Waals surface area contributed by atoms with Gasteiger partial charge in [-0.05, 0) is 6.42 Å². The average Bonchev–Trinajstić information content (AvgIpc) is 2.46. The van der Waals surface area contributed by atoms with E-state index in [-0.39, 0.29) is 34.9 Å². The van der Waals surface area contributed by atoms with E-state index in [1.165, 1.54) is 18.2 Å². The van der Waals surface area contributed by atoms with Gasteiger partial charge in [0.2, 0.25) is 0 Å². The number of esters is 1. The molecule has 1 aromatic heterocycles. The van der Waals surface area contributed by atoms with Gasteiger partial charge in [0.05, 0.1) is 18.3 Å². The second kappa shape index (κ2) is 7.93. The van der Waals surface area contributed by atoms with Gasteiger partial charge in [-0.15, -0.1) is 0 Å². The van der Waals surface area contributed by atoms with Crippen LogP contribution in [0.2, 0.25) is 5.02 Å². The first-order chi connectivity index (χ1) is 9.86. The molecule has 0 bridgehead atoms.